The molecule has 0 N–H and O–H groups in total. The summed E-state index contributed by atoms with van der Waals surface area (Å²) < 4.78 is 10.8. The average molecular weight is 348 g/mol. The van der Waals surface area contributed by atoms with Gasteiger partial charge in [0.15, 0.2) is 11.5 Å². The van der Waals surface area contributed by atoms with Crippen LogP contribution in [0.25, 0.3) is 10.8 Å². The van der Waals surface area contributed by atoms with Crippen LogP contribution in [0, 0.1) is 0 Å². The van der Waals surface area contributed by atoms with Crippen molar-refractivity contribution in [1.82, 2.24) is 9.88 Å². The van der Waals surface area contributed by atoms with Crippen LogP contribution in [0.15, 0.2) is 48.7 Å². The molecule has 0 atom stereocenters. The van der Waals surface area contributed by atoms with Crippen molar-refractivity contribution < 1.29 is 14.3 Å². The molecule has 5 heteroatoms. The Bertz CT molecular complexity index is 979. The van der Waals surface area contributed by atoms with E-state index in [0.29, 0.717) is 24.5 Å². The van der Waals surface area contributed by atoms with E-state index in [1.54, 1.807) is 20.4 Å². The van der Waals surface area contributed by atoms with Crippen LogP contribution in [0.3, 0.4) is 0 Å². The van der Waals surface area contributed by atoms with E-state index in [2.05, 4.69) is 4.98 Å². The number of hydrogen-bond acceptors (Lipinski definition) is 4. The first-order valence-electron chi connectivity index (χ1n) is 8.58. The summed E-state index contributed by atoms with van der Waals surface area (Å²) in [7, 11) is 3.26. The second-order valence-corrected chi connectivity index (χ2v) is 6.33. The molecule has 0 unspecified atom stereocenters. The molecular weight excluding hydrogens is 328 g/mol. The smallest absolute Gasteiger partial charge is 0.273 e. The first kappa shape index (κ1) is 16.4. The van der Waals surface area contributed by atoms with Crippen molar-refractivity contribution in [3.63, 3.8) is 0 Å². The fraction of sp³-hybridized carbons (Fsp3) is 0.238. The molecule has 0 spiro atoms. The van der Waals surface area contributed by atoms with Crippen LogP contribution in [0.5, 0.6) is 11.5 Å². The number of fused-ring (bicyclic) bond motifs is 2. The Morgan fingerprint density at radius 3 is 2.54 bits per heavy atom. The van der Waals surface area contributed by atoms with Crippen molar-refractivity contribution in [1.29, 1.82) is 0 Å². The zero-order chi connectivity index (χ0) is 18.1. The van der Waals surface area contributed by atoms with Crippen molar-refractivity contribution in [2.24, 2.45) is 0 Å². The molecule has 0 bridgehead atoms. The maximum absolute atomic E-state index is 13.1. The van der Waals surface area contributed by atoms with Crippen LogP contribution in [0.4, 0.5) is 0 Å². The van der Waals surface area contributed by atoms with E-state index in [0.717, 1.165) is 28.5 Å². The van der Waals surface area contributed by atoms with Crippen LogP contribution < -0.4 is 9.47 Å². The average Bonchev–Trinajstić information content (AvgIpc) is 2.71. The first-order valence-corrected chi connectivity index (χ1v) is 8.58. The van der Waals surface area contributed by atoms with Crippen molar-refractivity contribution in [3.05, 3.63) is 65.5 Å². The predicted molar refractivity (Wildman–Crippen MR) is 99.7 cm³/mol. The quantitative estimate of drug-likeness (QED) is 0.727. The molecule has 4 rings (SSSR count). The molecule has 3 aromatic rings. The summed E-state index contributed by atoms with van der Waals surface area (Å²) in [5.74, 6) is 1.37. The number of methoxy groups -OCH3 is 2. The highest BCUT2D eigenvalue weighted by molar-refractivity contribution is 6.05. The van der Waals surface area contributed by atoms with Crippen LogP contribution in [0.2, 0.25) is 0 Å². The maximum Gasteiger partial charge on any atom is 0.273 e. The van der Waals surface area contributed by atoms with Crippen molar-refractivity contribution >= 4 is 16.7 Å². The van der Waals surface area contributed by atoms with Gasteiger partial charge >= 0.3 is 0 Å². The SMILES string of the molecule is COc1cc2c(cc1OC)CN(C(=O)c1nccc3ccccc13)CC2. The standard InChI is InChI=1S/C21H20N2O3/c1-25-18-11-15-8-10-23(13-16(15)12-19(18)26-2)21(24)20-17-6-4-3-5-14(17)7-9-22-20/h3-7,9,11-12H,8,10,13H2,1-2H3. The topological polar surface area (TPSA) is 51.7 Å². The Hall–Kier alpha value is -3.08. The highest BCUT2D eigenvalue weighted by atomic mass is 16.5. The molecule has 1 aliphatic heterocycles. The van der Waals surface area contributed by atoms with Crippen molar-refractivity contribution in [2.75, 3.05) is 20.8 Å². The van der Waals surface area contributed by atoms with Gasteiger partial charge in [0.25, 0.3) is 5.91 Å². The molecule has 1 aliphatic rings. The molecule has 0 fully saturated rings. The summed E-state index contributed by atoms with van der Waals surface area (Å²) in [6.45, 7) is 1.20. The Balaban J connectivity index is 1.67. The van der Waals surface area contributed by atoms with Gasteiger partial charge in [-0.25, -0.2) is 0 Å². The number of carbonyl (C=O) groups is 1. The van der Waals surface area contributed by atoms with E-state index < -0.39 is 0 Å². The molecule has 0 radical (unpaired) electrons. The van der Waals surface area contributed by atoms with Gasteiger partial charge in [-0.05, 0) is 41.1 Å². The lowest BCUT2D eigenvalue weighted by Crippen LogP contribution is -2.36. The summed E-state index contributed by atoms with van der Waals surface area (Å²) >= 11 is 0. The molecule has 2 heterocycles. The summed E-state index contributed by atoms with van der Waals surface area (Å²) in [5, 5.41) is 1.91. The number of carbonyl (C=O) groups excluding carboxylic acids is 1. The second-order valence-electron chi connectivity index (χ2n) is 6.33. The third-order valence-electron chi connectivity index (χ3n) is 4.88. The van der Waals surface area contributed by atoms with E-state index in [9.17, 15) is 4.79 Å². The lowest BCUT2D eigenvalue weighted by molar-refractivity contribution is 0.0730. The van der Waals surface area contributed by atoms with E-state index >= 15 is 0 Å². The molecule has 0 saturated heterocycles. The first-order chi connectivity index (χ1) is 12.7. The Kier molecular flexibility index (Phi) is 4.21. The van der Waals surface area contributed by atoms with Crippen molar-refractivity contribution in [2.45, 2.75) is 13.0 Å². The Morgan fingerprint density at radius 1 is 1.04 bits per heavy atom. The highest BCUT2D eigenvalue weighted by Crippen LogP contribution is 2.33. The monoisotopic (exact) mass is 348 g/mol. The fourth-order valence-corrected chi connectivity index (χ4v) is 3.50. The van der Waals surface area contributed by atoms with Crippen LogP contribution in [-0.4, -0.2) is 36.6 Å². The van der Waals surface area contributed by atoms with Gasteiger partial charge in [-0.15, -0.1) is 0 Å². The van der Waals surface area contributed by atoms with Gasteiger partial charge in [0, 0.05) is 24.7 Å². The van der Waals surface area contributed by atoms with Gasteiger partial charge in [-0.1, -0.05) is 24.3 Å². The summed E-state index contributed by atoms with van der Waals surface area (Å²) in [6.07, 6.45) is 2.48. The minimum Gasteiger partial charge on any atom is -0.493 e. The van der Waals surface area contributed by atoms with Gasteiger partial charge in [-0.2, -0.15) is 0 Å². The number of aromatic nitrogens is 1. The molecule has 1 aromatic heterocycles. The third-order valence-corrected chi connectivity index (χ3v) is 4.88. The number of pyridine rings is 1. The summed E-state index contributed by atoms with van der Waals surface area (Å²) in [5.41, 5.74) is 2.78. The molecule has 26 heavy (non-hydrogen) atoms. The summed E-state index contributed by atoms with van der Waals surface area (Å²) in [4.78, 5) is 19.3. The molecule has 2 aromatic carbocycles. The number of rotatable bonds is 3. The molecule has 132 valence electrons. The zero-order valence-electron chi connectivity index (χ0n) is 14.9. The fourth-order valence-electron chi connectivity index (χ4n) is 3.50. The van der Waals surface area contributed by atoms with Gasteiger partial charge in [0.2, 0.25) is 0 Å². The van der Waals surface area contributed by atoms with Crippen LogP contribution in [0.1, 0.15) is 21.6 Å². The number of nitrogens with zero attached hydrogens (tertiary/aromatic N) is 2. The number of hydrogen-bond donors (Lipinski definition) is 0. The molecular formula is C21H20N2O3. The Labute approximate surface area is 152 Å². The molecule has 1 amide bonds. The van der Waals surface area contributed by atoms with Crippen LogP contribution >= 0.6 is 0 Å². The van der Waals surface area contributed by atoms with Gasteiger partial charge in [0.05, 0.1) is 14.2 Å². The predicted octanol–water partition coefficient (Wildman–Crippen LogP) is 3.45. The van der Waals surface area contributed by atoms with E-state index in [1.807, 2.05) is 47.4 Å². The van der Waals surface area contributed by atoms with E-state index in [-0.39, 0.29) is 5.91 Å². The molecule has 5 nitrogen and oxygen atoms in total. The Morgan fingerprint density at radius 2 is 1.77 bits per heavy atom. The summed E-state index contributed by atoms with van der Waals surface area (Å²) in [6, 6.07) is 13.7. The minimum absolute atomic E-state index is 0.0396. The van der Waals surface area contributed by atoms with E-state index in [4.69, 9.17) is 9.47 Å². The lowest BCUT2D eigenvalue weighted by Gasteiger charge is -2.29. The van der Waals surface area contributed by atoms with Gasteiger partial charge in [0.1, 0.15) is 5.69 Å². The van der Waals surface area contributed by atoms with Crippen LogP contribution in [-0.2, 0) is 13.0 Å². The largest absolute Gasteiger partial charge is 0.493 e. The lowest BCUT2D eigenvalue weighted by atomic mass is 9.98. The zero-order valence-corrected chi connectivity index (χ0v) is 14.9. The van der Waals surface area contributed by atoms with Crippen molar-refractivity contribution in [3.8, 4) is 11.5 Å². The second kappa shape index (κ2) is 6.67. The highest BCUT2D eigenvalue weighted by Gasteiger charge is 2.25. The molecule has 0 aliphatic carbocycles. The normalized spacial score (nSPS) is 13.4. The third kappa shape index (κ3) is 2.75. The van der Waals surface area contributed by atoms with Gasteiger partial charge in [-0.3, -0.25) is 9.78 Å². The van der Waals surface area contributed by atoms with E-state index in [1.165, 1.54) is 5.56 Å². The maximum atomic E-state index is 13.1. The number of amides is 1. The number of ether oxygens (including phenoxy) is 2. The number of benzene rings is 2. The molecule has 0 saturated carbocycles. The minimum atomic E-state index is -0.0396. The van der Waals surface area contributed by atoms with Gasteiger partial charge < -0.3 is 14.4 Å².